The van der Waals surface area contributed by atoms with Crippen LogP contribution in [0.4, 0.5) is 0 Å². The van der Waals surface area contributed by atoms with Crippen LogP contribution < -0.4 is 6.15 Å². The van der Waals surface area contributed by atoms with Crippen molar-refractivity contribution in [3.63, 3.8) is 0 Å². The second-order valence-electron chi connectivity index (χ2n) is 1.34. The standard InChI is InChI=1S/C3H9N.CHN.H3N/c1-4(2)3;1-2;/h1-3H3;1H;1H3. The molecule has 0 radical (unpaired) electrons. The quantitative estimate of drug-likeness (QED) is 0.485. The molecule has 0 saturated heterocycles. The molecular weight excluding hydrogens is 90.1 g/mol. The fraction of sp³-hybridized carbons (Fsp3) is 0.750. The lowest BCUT2D eigenvalue weighted by molar-refractivity contribution is 0.505. The van der Waals surface area contributed by atoms with Crippen LogP contribution in [0.2, 0.25) is 0 Å². The van der Waals surface area contributed by atoms with E-state index in [-0.39, 0.29) is 6.15 Å². The third kappa shape index (κ3) is 181. The molecule has 0 rings (SSSR count). The highest BCUT2D eigenvalue weighted by Crippen LogP contribution is 1.47. The van der Waals surface area contributed by atoms with Gasteiger partial charge in [-0.15, -0.1) is 0 Å². The van der Waals surface area contributed by atoms with Crippen LogP contribution >= 0.6 is 0 Å². The zero-order valence-electron chi connectivity index (χ0n) is 5.18. The first-order valence-corrected chi connectivity index (χ1v) is 1.60. The van der Waals surface area contributed by atoms with Crippen LogP contribution in [0, 0.1) is 11.8 Å². The van der Waals surface area contributed by atoms with Gasteiger partial charge in [-0.1, -0.05) is 0 Å². The Kier molecular flexibility index (Phi) is 41.8. The van der Waals surface area contributed by atoms with Gasteiger partial charge in [0, 0.05) is 6.57 Å². The van der Waals surface area contributed by atoms with Gasteiger partial charge >= 0.3 is 0 Å². The summed E-state index contributed by atoms with van der Waals surface area (Å²) in [7, 11) is 6.00. The van der Waals surface area contributed by atoms with Gasteiger partial charge in [0.1, 0.15) is 0 Å². The minimum atomic E-state index is 0. The van der Waals surface area contributed by atoms with Crippen LogP contribution in [0.25, 0.3) is 0 Å². The first kappa shape index (κ1) is 16.1. The van der Waals surface area contributed by atoms with Gasteiger partial charge in [-0.2, -0.15) is 0 Å². The zero-order valence-corrected chi connectivity index (χ0v) is 5.18. The molecule has 0 aromatic heterocycles. The van der Waals surface area contributed by atoms with E-state index in [9.17, 15) is 0 Å². The minimum absolute atomic E-state index is 0. The summed E-state index contributed by atoms with van der Waals surface area (Å²) in [5, 5.41) is 6.50. The van der Waals surface area contributed by atoms with E-state index in [1.165, 1.54) is 0 Å². The molecule has 0 aromatic rings. The predicted molar refractivity (Wildman–Crippen MR) is 31.3 cm³/mol. The first-order chi connectivity index (χ1) is 2.73. The van der Waals surface area contributed by atoms with Crippen LogP contribution in [0.3, 0.4) is 0 Å². The monoisotopic (exact) mass is 103 g/mol. The van der Waals surface area contributed by atoms with Gasteiger partial charge < -0.3 is 11.1 Å². The van der Waals surface area contributed by atoms with E-state index < -0.39 is 0 Å². The lowest BCUT2D eigenvalue weighted by atomic mass is 11.0. The molecule has 0 fully saturated rings. The van der Waals surface area contributed by atoms with Crippen molar-refractivity contribution in [2.45, 2.75) is 0 Å². The molecule has 0 aromatic carbocycles. The lowest BCUT2D eigenvalue weighted by Crippen LogP contribution is -1.99. The van der Waals surface area contributed by atoms with E-state index in [0.29, 0.717) is 0 Å². The molecule has 44 valence electrons. The second-order valence-corrected chi connectivity index (χ2v) is 1.34. The molecule has 0 saturated carbocycles. The van der Waals surface area contributed by atoms with Crippen molar-refractivity contribution in [3.05, 3.63) is 0 Å². The summed E-state index contributed by atoms with van der Waals surface area (Å²) in [6.45, 7) is 3.50. The van der Waals surface area contributed by atoms with Crippen molar-refractivity contribution in [1.29, 1.82) is 5.26 Å². The van der Waals surface area contributed by atoms with Crippen molar-refractivity contribution in [2.75, 3.05) is 21.1 Å². The summed E-state index contributed by atoms with van der Waals surface area (Å²) in [4.78, 5) is 2.00. The van der Waals surface area contributed by atoms with Gasteiger partial charge in [0.15, 0.2) is 0 Å². The average Bonchev–Trinajstić information content (AvgIpc) is 1.41. The SMILES string of the molecule is C#N.CN(C)C.N. The maximum atomic E-state index is 6.50. The molecule has 0 amide bonds. The van der Waals surface area contributed by atoms with Crippen molar-refractivity contribution in [3.8, 4) is 6.57 Å². The molecule has 0 atom stereocenters. The predicted octanol–water partition coefficient (Wildman–Crippen LogP) is 0.480. The molecule has 3 nitrogen and oxygen atoms in total. The van der Waals surface area contributed by atoms with Gasteiger partial charge in [-0.05, 0) is 21.1 Å². The molecule has 0 spiro atoms. The minimum Gasteiger partial charge on any atom is -0.344 e. The van der Waals surface area contributed by atoms with Crippen LogP contribution in [0.15, 0.2) is 0 Å². The summed E-state index contributed by atoms with van der Waals surface area (Å²) < 4.78 is 0. The second kappa shape index (κ2) is 18.1. The fourth-order valence-corrected chi connectivity index (χ4v) is 0. The van der Waals surface area contributed by atoms with E-state index in [2.05, 4.69) is 6.57 Å². The Morgan fingerprint density at radius 2 is 1.14 bits per heavy atom. The highest BCUT2D eigenvalue weighted by Gasteiger charge is 1.58. The average molecular weight is 103 g/mol. The highest BCUT2D eigenvalue weighted by atomic mass is 15.0. The molecule has 0 aliphatic rings. The highest BCUT2D eigenvalue weighted by molar-refractivity contribution is 4.09. The first-order valence-electron chi connectivity index (χ1n) is 1.60. The molecule has 0 heterocycles. The Hall–Kier alpha value is -0.590. The van der Waals surface area contributed by atoms with Crippen LogP contribution in [-0.4, -0.2) is 26.0 Å². The van der Waals surface area contributed by atoms with Crippen molar-refractivity contribution in [2.24, 2.45) is 0 Å². The third-order valence-electron chi connectivity index (χ3n) is 0. The Labute approximate surface area is 45.1 Å². The Morgan fingerprint density at radius 3 is 1.14 bits per heavy atom. The Morgan fingerprint density at radius 1 is 1.14 bits per heavy atom. The van der Waals surface area contributed by atoms with E-state index >= 15 is 0 Å². The molecule has 0 unspecified atom stereocenters. The summed E-state index contributed by atoms with van der Waals surface area (Å²) >= 11 is 0. The molecule has 3 N–H and O–H groups in total. The van der Waals surface area contributed by atoms with Crippen LogP contribution in [0.1, 0.15) is 0 Å². The molecular formula is C4H13N3. The number of nitrogens with zero attached hydrogens (tertiary/aromatic N) is 2. The normalized spacial score (nSPS) is 5.43. The summed E-state index contributed by atoms with van der Waals surface area (Å²) in [6, 6.07) is 0. The topological polar surface area (TPSA) is 62.0 Å². The largest absolute Gasteiger partial charge is 0.344 e. The van der Waals surface area contributed by atoms with E-state index in [1.807, 2.05) is 26.0 Å². The number of rotatable bonds is 0. The van der Waals surface area contributed by atoms with Gasteiger partial charge in [-0.25, -0.2) is 5.26 Å². The molecule has 7 heavy (non-hydrogen) atoms. The maximum Gasteiger partial charge on any atom is 0.0462 e. The maximum absolute atomic E-state index is 6.50. The molecule has 0 aliphatic heterocycles. The summed E-state index contributed by atoms with van der Waals surface area (Å²) in [5.41, 5.74) is 0. The zero-order chi connectivity index (χ0) is 5.58. The molecule has 0 aliphatic carbocycles. The van der Waals surface area contributed by atoms with E-state index in [0.717, 1.165) is 0 Å². The number of hydrogen-bond donors (Lipinski definition) is 1. The number of nitriles is 1. The fourth-order valence-electron chi connectivity index (χ4n) is 0. The van der Waals surface area contributed by atoms with Crippen molar-refractivity contribution in [1.82, 2.24) is 11.1 Å². The lowest BCUT2D eigenvalue weighted by Gasteiger charge is -1.90. The Balaban J connectivity index is -0.0000000480. The smallest absolute Gasteiger partial charge is 0.0462 e. The summed E-state index contributed by atoms with van der Waals surface area (Å²) in [6.07, 6.45) is 0. The molecule has 0 bridgehead atoms. The molecule has 3 heteroatoms. The van der Waals surface area contributed by atoms with Crippen molar-refractivity contribution >= 4 is 0 Å². The van der Waals surface area contributed by atoms with Gasteiger partial charge in [0.25, 0.3) is 0 Å². The van der Waals surface area contributed by atoms with Gasteiger partial charge in [0.2, 0.25) is 0 Å². The third-order valence-corrected chi connectivity index (χ3v) is 0. The summed E-state index contributed by atoms with van der Waals surface area (Å²) in [5.74, 6) is 0. The number of hydrogen-bond acceptors (Lipinski definition) is 3. The van der Waals surface area contributed by atoms with E-state index in [1.54, 1.807) is 0 Å². The van der Waals surface area contributed by atoms with Gasteiger partial charge in [-0.3, -0.25) is 0 Å². The van der Waals surface area contributed by atoms with Crippen LogP contribution in [0.5, 0.6) is 0 Å². The van der Waals surface area contributed by atoms with Gasteiger partial charge in [0.05, 0.1) is 0 Å². The van der Waals surface area contributed by atoms with Crippen molar-refractivity contribution < 1.29 is 0 Å². The van der Waals surface area contributed by atoms with E-state index in [4.69, 9.17) is 5.26 Å². The van der Waals surface area contributed by atoms with Crippen LogP contribution in [-0.2, 0) is 0 Å². The Bertz CT molecular complexity index is 28.4.